The van der Waals surface area contributed by atoms with E-state index in [0.717, 1.165) is 0 Å². The fourth-order valence-electron chi connectivity index (χ4n) is 0.771. The summed E-state index contributed by atoms with van der Waals surface area (Å²) in [4.78, 5) is 3.31. The largest absolute Gasteiger partial charge is 0.330 e. The summed E-state index contributed by atoms with van der Waals surface area (Å²) >= 11 is 0. The van der Waals surface area contributed by atoms with Crippen molar-refractivity contribution in [3.63, 3.8) is 0 Å². The molecular formula is C6H10N2. The summed E-state index contributed by atoms with van der Waals surface area (Å²) in [6.07, 6.45) is 2.34. The Morgan fingerprint density at radius 1 is 1.62 bits per heavy atom. The molecule has 0 unspecified atom stereocenters. The second kappa shape index (κ2) is 1.75. The zero-order chi connectivity index (χ0) is 6.04. The van der Waals surface area contributed by atoms with E-state index in [-0.39, 0.29) is 5.41 Å². The van der Waals surface area contributed by atoms with Crippen molar-refractivity contribution in [3.8, 4) is 0 Å². The van der Waals surface area contributed by atoms with Crippen LogP contribution in [-0.4, -0.2) is 13.1 Å². The predicted octanol–water partition coefficient (Wildman–Crippen LogP) is 0.645. The van der Waals surface area contributed by atoms with Crippen LogP contribution < -0.4 is 5.73 Å². The molecule has 0 spiro atoms. The third-order valence-corrected chi connectivity index (χ3v) is 1.80. The Kier molecular flexibility index (Phi) is 1.22. The highest BCUT2D eigenvalue weighted by Crippen LogP contribution is 2.44. The molecular weight excluding hydrogens is 100 g/mol. The lowest BCUT2D eigenvalue weighted by atomic mass is 10.1. The van der Waals surface area contributed by atoms with E-state index in [4.69, 9.17) is 12.3 Å². The molecule has 1 aliphatic rings. The van der Waals surface area contributed by atoms with Gasteiger partial charge in [0.1, 0.15) is 0 Å². The Hall–Kier alpha value is -0.550. The van der Waals surface area contributed by atoms with Gasteiger partial charge in [0, 0.05) is 6.54 Å². The number of hydrogen-bond donors (Lipinski definition) is 1. The molecule has 0 radical (unpaired) electrons. The average Bonchev–Trinajstić information content (AvgIpc) is 2.50. The van der Waals surface area contributed by atoms with Gasteiger partial charge in [0.15, 0.2) is 0 Å². The van der Waals surface area contributed by atoms with Crippen LogP contribution in [-0.2, 0) is 0 Å². The van der Waals surface area contributed by atoms with Gasteiger partial charge in [-0.25, -0.2) is 6.57 Å². The minimum absolute atomic E-state index is 0.266. The SMILES string of the molecule is [C-]#[N+]CC1(CN)CC1. The van der Waals surface area contributed by atoms with Crippen LogP contribution in [0.3, 0.4) is 0 Å². The van der Waals surface area contributed by atoms with Gasteiger partial charge in [0.25, 0.3) is 0 Å². The maximum Gasteiger partial charge on any atom is 0.221 e. The molecule has 0 aromatic carbocycles. The molecule has 1 aliphatic carbocycles. The van der Waals surface area contributed by atoms with Gasteiger partial charge in [0.2, 0.25) is 6.54 Å². The van der Waals surface area contributed by atoms with Gasteiger partial charge in [0.05, 0.1) is 5.41 Å². The van der Waals surface area contributed by atoms with E-state index in [2.05, 4.69) is 4.85 Å². The molecule has 1 fully saturated rings. The normalized spacial score (nSPS) is 22.0. The minimum atomic E-state index is 0.266. The average molecular weight is 110 g/mol. The van der Waals surface area contributed by atoms with Gasteiger partial charge >= 0.3 is 0 Å². The molecule has 0 aromatic rings. The molecule has 0 bridgehead atoms. The Morgan fingerprint density at radius 3 is 2.38 bits per heavy atom. The standard InChI is InChI=1S/C6H10N2/c1-8-5-6(4-7)2-3-6/h2-5,7H2. The summed E-state index contributed by atoms with van der Waals surface area (Å²) in [5, 5.41) is 0. The minimum Gasteiger partial charge on any atom is -0.330 e. The topological polar surface area (TPSA) is 30.4 Å². The van der Waals surface area contributed by atoms with E-state index in [1.807, 2.05) is 0 Å². The van der Waals surface area contributed by atoms with Crippen molar-refractivity contribution >= 4 is 0 Å². The number of rotatable bonds is 2. The van der Waals surface area contributed by atoms with Crippen LogP contribution in [0.1, 0.15) is 12.8 Å². The summed E-state index contributed by atoms with van der Waals surface area (Å²) < 4.78 is 0. The van der Waals surface area contributed by atoms with Gasteiger partial charge in [-0.3, -0.25) is 0 Å². The van der Waals surface area contributed by atoms with E-state index < -0.39 is 0 Å². The van der Waals surface area contributed by atoms with Crippen molar-refractivity contribution in [1.29, 1.82) is 0 Å². The summed E-state index contributed by atoms with van der Waals surface area (Å²) in [5.41, 5.74) is 5.68. The van der Waals surface area contributed by atoms with E-state index in [0.29, 0.717) is 13.1 Å². The lowest BCUT2D eigenvalue weighted by Gasteiger charge is -1.99. The molecule has 1 rings (SSSR count). The molecule has 0 atom stereocenters. The molecule has 0 amide bonds. The van der Waals surface area contributed by atoms with Crippen molar-refractivity contribution in [2.24, 2.45) is 11.1 Å². The Bertz CT molecular complexity index is 119. The highest BCUT2D eigenvalue weighted by Gasteiger charge is 2.44. The fourth-order valence-corrected chi connectivity index (χ4v) is 0.771. The summed E-state index contributed by atoms with van der Waals surface area (Å²) in [7, 11) is 0. The molecule has 2 heteroatoms. The number of hydrogen-bond acceptors (Lipinski definition) is 1. The first-order valence-corrected chi connectivity index (χ1v) is 2.86. The molecule has 2 nitrogen and oxygen atoms in total. The summed E-state index contributed by atoms with van der Waals surface area (Å²) in [6.45, 7) is 7.92. The monoisotopic (exact) mass is 110 g/mol. The highest BCUT2D eigenvalue weighted by atomic mass is 14.8. The van der Waals surface area contributed by atoms with Crippen molar-refractivity contribution < 1.29 is 0 Å². The van der Waals surface area contributed by atoms with E-state index in [1.165, 1.54) is 12.8 Å². The maximum absolute atomic E-state index is 6.57. The van der Waals surface area contributed by atoms with Crippen LogP contribution in [0.25, 0.3) is 4.85 Å². The zero-order valence-electron chi connectivity index (χ0n) is 4.85. The Balaban J connectivity index is 2.33. The van der Waals surface area contributed by atoms with Crippen LogP contribution in [0.2, 0.25) is 0 Å². The molecule has 2 N–H and O–H groups in total. The third-order valence-electron chi connectivity index (χ3n) is 1.80. The first-order chi connectivity index (χ1) is 3.83. The smallest absolute Gasteiger partial charge is 0.221 e. The molecule has 0 aliphatic heterocycles. The third kappa shape index (κ3) is 0.823. The van der Waals surface area contributed by atoms with E-state index >= 15 is 0 Å². The lowest BCUT2D eigenvalue weighted by Crippen LogP contribution is -2.17. The van der Waals surface area contributed by atoms with Gasteiger partial charge in [-0.05, 0) is 12.8 Å². The molecule has 1 saturated carbocycles. The van der Waals surface area contributed by atoms with Crippen molar-refractivity contribution in [2.75, 3.05) is 13.1 Å². The van der Waals surface area contributed by atoms with E-state index in [1.54, 1.807) is 0 Å². The predicted molar refractivity (Wildman–Crippen MR) is 32.2 cm³/mol. The lowest BCUT2D eigenvalue weighted by molar-refractivity contribution is 0.571. The first-order valence-electron chi connectivity index (χ1n) is 2.86. The highest BCUT2D eigenvalue weighted by molar-refractivity contribution is 4.98. The van der Waals surface area contributed by atoms with Crippen LogP contribution in [0, 0.1) is 12.0 Å². The first kappa shape index (κ1) is 5.58. The second-order valence-electron chi connectivity index (χ2n) is 2.52. The van der Waals surface area contributed by atoms with Crippen LogP contribution in [0.4, 0.5) is 0 Å². The second-order valence-corrected chi connectivity index (χ2v) is 2.52. The Morgan fingerprint density at radius 2 is 2.25 bits per heavy atom. The van der Waals surface area contributed by atoms with Crippen LogP contribution in [0.15, 0.2) is 0 Å². The van der Waals surface area contributed by atoms with Crippen molar-refractivity contribution in [2.45, 2.75) is 12.8 Å². The summed E-state index contributed by atoms with van der Waals surface area (Å²) in [6, 6.07) is 0. The fraction of sp³-hybridized carbons (Fsp3) is 0.833. The Labute approximate surface area is 49.5 Å². The zero-order valence-corrected chi connectivity index (χ0v) is 4.85. The van der Waals surface area contributed by atoms with Gasteiger partial charge in [-0.2, -0.15) is 0 Å². The molecule has 44 valence electrons. The molecule has 0 heterocycles. The van der Waals surface area contributed by atoms with Gasteiger partial charge < -0.3 is 10.6 Å². The van der Waals surface area contributed by atoms with Crippen LogP contribution >= 0.6 is 0 Å². The van der Waals surface area contributed by atoms with Gasteiger partial charge in [-0.1, -0.05) is 0 Å². The molecule has 8 heavy (non-hydrogen) atoms. The van der Waals surface area contributed by atoms with Gasteiger partial charge in [-0.15, -0.1) is 0 Å². The summed E-state index contributed by atoms with van der Waals surface area (Å²) in [5.74, 6) is 0. The molecule has 0 saturated heterocycles. The molecule has 0 aromatic heterocycles. The number of nitrogens with zero attached hydrogens (tertiary/aromatic N) is 1. The quantitative estimate of drug-likeness (QED) is 0.519. The van der Waals surface area contributed by atoms with E-state index in [9.17, 15) is 0 Å². The van der Waals surface area contributed by atoms with Crippen LogP contribution in [0.5, 0.6) is 0 Å². The van der Waals surface area contributed by atoms with Crippen molar-refractivity contribution in [1.82, 2.24) is 0 Å². The maximum atomic E-state index is 6.57. The number of nitrogens with two attached hydrogens (primary N) is 1. The van der Waals surface area contributed by atoms with Crippen molar-refractivity contribution in [3.05, 3.63) is 11.4 Å².